The normalized spacial score (nSPS) is 14.3. The molecule has 1 aliphatic heterocycles. The zero-order valence-corrected chi connectivity index (χ0v) is 19.7. The van der Waals surface area contributed by atoms with Gasteiger partial charge >= 0.3 is 0 Å². The van der Waals surface area contributed by atoms with Crippen LogP contribution >= 0.6 is 11.6 Å². The first-order valence-electron chi connectivity index (χ1n) is 11.9. The van der Waals surface area contributed by atoms with Gasteiger partial charge in [0.05, 0.1) is 21.6 Å². The van der Waals surface area contributed by atoms with Gasteiger partial charge in [-0.05, 0) is 43.5 Å². The SMILES string of the molecule is O=C(NCCCc1nc2ccccc2n1CCC(=O)N1CCCCCC1)c1ccccc1Cl. The third-order valence-corrected chi connectivity index (χ3v) is 6.55. The van der Waals surface area contributed by atoms with Gasteiger partial charge in [-0.1, -0.05) is 48.7 Å². The Morgan fingerprint density at radius 2 is 1.70 bits per heavy atom. The molecule has 0 atom stereocenters. The smallest absolute Gasteiger partial charge is 0.252 e. The van der Waals surface area contributed by atoms with Crippen LogP contribution in [0.15, 0.2) is 48.5 Å². The van der Waals surface area contributed by atoms with Crippen molar-refractivity contribution < 1.29 is 9.59 Å². The molecular weight excluding hydrogens is 436 g/mol. The fourth-order valence-corrected chi connectivity index (χ4v) is 4.66. The first kappa shape index (κ1) is 23.3. The molecule has 7 heteroatoms. The summed E-state index contributed by atoms with van der Waals surface area (Å²) >= 11 is 6.11. The zero-order chi connectivity index (χ0) is 23.0. The molecule has 1 aromatic heterocycles. The number of aryl methyl sites for hydroxylation is 2. The highest BCUT2D eigenvalue weighted by Gasteiger charge is 2.17. The number of aromatic nitrogens is 2. The lowest BCUT2D eigenvalue weighted by molar-refractivity contribution is -0.131. The Kier molecular flexibility index (Phi) is 8.00. The minimum absolute atomic E-state index is 0.169. The minimum Gasteiger partial charge on any atom is -0.352 e. The van der Waals surface area contributed by atoms with E-state index >= 15 is 0 Å². The highest BCUT2D eigenvalue weighted by molar-refractivity contribution is 6.33. The molecule has 0 saturated carbocycles. The van der Waals surface area contributed by atoms with Crippen molar-refractivity contribution in [3.05, 3.63) is 64.9 Å². The maximum Gasteiger partial charge on any atom is 0.252 e. The van der Waals surface area contributed by atoms with E-state index in [1.807, 2.05) is 23.1 Å². The Hall–Kier alpha value is -2.86. The van der Waals surface area contributed by atoms with E-state index in [0.29, 0.717) is 30.1 Å². The number of hydrogen-bond acceptors (Lipinski definition) is 3. The predicted octanol–water partition coefficient (Wildman–Crippen LogP) is 4.85. The van der Waals surface area contributed by atoms with Crippen LogP contribution in [-0.4, -0.2) is 45.9 Å². The predicted molar refractivity (Wildman–Crippen MR) is 132 cm³/mol. The molecule has 33 heavy (non-hydrogen) atoms. The Labute approximate surface area is 199 Å². The fourth-order valence-electron chi connectivity index (χ4n) is 4.44. The molecule has 2 amide bonds. The quantitative estimate of drug-likeness (QED) is 0.483. The van der Waals surface area contributed by atoms with Crippen molar-refractivity contribution in [2.75, 3.05) is 19.6 Å². The van der Waals surface area contributed by atoms with Crippen molar-refractivity contribution in [1.82, 2.24) is 19.8 Å². The van der Waals surface area contributed by atoms with E-state index in [9.17, 15) is 9.59 Å². The number of amides is 2. The van der Waals surface area contributed by atoms with Crippen molar-refractivity contribution in [2.45, 2.75) is 51.5 Å². The fraction of sp³-hybridized carbons (Fsp3) is 0.423. The third kappa shape index (κ3) is 5.93. The number of carbonyl (C=O) groups excluding carboxylic acids is 2. The van der Waals surface area contributed by atoms with Gasteiger partial charge in [-0.3, -0.25) is 9.59 Å². The molecule has 6 nitrogen and oxygen atoms in total. The number of rotatable bonds is 8. The molecule has 3 aromatic rings. The van der Waals surface area contributed by atoms with E-state index in [0.717, 1.165) is 55.6 Å². The molecule has 0 spiro atoms. The molecule has 1 fully saturated rings. The standard InChI is InChI=1S/C26H31ClN4O2/c27-21-11-4-3-10-20(21)26(33)28-16-9-14-24-29-22-12-5-6-13-23(22)31(24)19-15-25(32)30-17-7-1-2-8-18-30/h3-6,10-13H,1-2,7-9,14-19H2,(H,28,33). The molecule has 0 radical (unpaired) electrons. The summed E-state index contributed by atoms with van der Waals surface area (Å²) in [6, 6.07) is 15.1. The van der Waals surface area contributed by atoms with E-state index < -0.39 is 0 Å². The maximum absolute atomic E-state index is 12.8. The van der Waals surface area contributed by atoms with Gasteiger partial charge in [-0.2, -0.15) is 0 Å². The van der Waals surface area contributed by atoms with Crippen molar-refractivity contribution in [2.24, 2.45) is 0 Å². The molecule has 1 N–H and O–H groups in total. The van der Waals surface area contributed by atoms with Crippen molar-refractivity contribution in [1.29, 1.82) is 0 Å². The number of nitrogens with zero attached hydrogens (tertiary/aromatic N) is 3. The molecule has 1 saturated heterocycles. The zero-order valence-electron chi connectivity index (χ0n) is 18.9. The van der Waals surface area contributed by atoms with Gasteiger partial charge in [0, 0.05) is 39.0 Å². The molecule has 2 aromatic carbocycles. The highest BCUT2D eigenvalue weighted by atomic mass is 35.5. The van der Waals surface area contributed by atoms with Gasteiger partial charge in [-0.25, -0.2) is 4.98 Å². The number of hydrogen-bond donors (Lipinski definition) is 1. The Balaban J connectivity index is 1.37. The van der Waals surface area contributed by atoms with Gasteiger partial charge < -0.3 is 14.8 Å². The summed E-state index contributed by atoms with van der Waals surface area (Å²) in [5.74, 6) is 1.01. The first-order valence-corrected chi connectivity index (χ1v) is 12.3. The number of fused-ring (bicyclic) bond motifs is 1. The molecule has 0 bridgehead atoms. The summed E-state index contributed by atoms with van der Waals surface area (Å²) in [7, 11) is 0. The van der Waals surface area contributed by atoms with Crippen LogP contribution in [0.25, 0.3) is 11.0 Å². The molecular formula is C26H31ClN4O2. The maximum atomic E-state index is 12.8. The Bertz CT molecular complexity index is 1100. The monoisotopic (exact) mass is 466 g/mol. The van der Waals surface area contributed by atoms with E-state index in [4.69, 9.17) is 16.6 Å². The van der Waals surface area contributed by atoms with Crippen LogP contribution in [0.2, 0.25) is 5.02 Å². The number of nitrogens with one attached hydrogen (secondary N) is 1. The van der Waals surface area contributed by atoms with Gasteiger partial charge in [0.25, 0.3) is 5.91 Å². The molecule has 174 valence electrons. The number of para-hydroxylation sites is 2. The van der Waals surface area contributed by atoms with E-state index in [1.165, 1.54) is 12.8 Å². The lowest BCUT2D eigenvalue weighted by atomic mass is 10.2. The second-order valence-electron chi connectivity index (χ2n) is 8.55. The van der Waals surface area contributed by atoms with E-state index in [-0.39, 0.29) is 11.8 Å². The number of likely N-dealkylation sites (tertiary alicyclic amines) is 1. The summed E-state index contributed by atoms with van der Waals surface area (Å²) < 4.78 is 2.17. The van der Waals surface area contributed by atoms with E-state index in [2.05, 4.69) is 16.0 Å². The average molecular weight is 467 g/mol. The van der Waals surface area contributed by atoms with Crippen molar-refractivity contribution in [3.8, 4) is 0 Å². The highest BCUT2D eigenvalue weighted by Crippen LogP contribution is 2.19. The summed E-state index contributed by atoms with van der Waals surface area (Å²) in [5.41, 5.74) is 2.48. The lowest BCUT2D eigenvalue weighted by Crippen LogP contribution is -2.32. The van der Waals surface area contributed by atoms with Crippen LogP contribution in [0, 0.1) is 0 Å². The summed E-state index contributed by atoms with van der Waals surface area (Å²) in [5, 5.41) is 3.39. The molecule has 1 aliphatic rings. The van der Waals surface area contributed by atoms with Crippen LogP contribution in [-0.2, 0) is 17.8 Å². The van der Waals surface area contributed by atoms with E-state index in [1.54, 1.807) is 24.3 Å². The van der Waals surface area contributed by atoms with Crippen LogP contribution in [0.5, 0.6) is 0 Å². The summed E-state index contributed by atoms with van der Waals surface area (Å²) in [6.45, 7) is 2.90. The van der Waals surface area contributed by atoms with Crippen LogP contribution < -0.4 is 5.32 Å². The van der Waals surface area contributed by atoms with Gasteiger partial charge in [0.1, 0.15) is 5.82 Å². The molecule has 2 heterocycles. The third-order valence-electron chi connectivity index (χ3n) is 6.22. The van der Waals surface area contributed by atoms with Crippen molar-refractivity contribution >= 4 is 34.4 Å². The van der Waals surface area contributed by atoms with Gasteiger partial charge in [0.15, 0.2) is 0 Å². The largest absolute Gasteiger partial charge is 0.352 e. The topological polar surface area (TPSA) is 67.2 Å². The second-order valence-corrected chi connectivity index (χ2v) is 8.96. The minimum atomic E-state index is -0.169. The molecule has 0 unspecified atom stereocenters. The van der Waals surface area contributed by atoms with Crippen LogP contribution in [0.4, 0.5) is 0 Å². The van der Waals surface area contributed by atoms with Gasteiger partial charge in [0.2, 0.25) is 5.91 Å². The Morgan fingerprint density at radius 1 is 0.970 bits per heavy atom. The lowest BCUT2D eigenvalue weighted by Gasteiger charge is -2.20. The average Bonchev–Trinajstić information content (AvgIpc) is 2.98. The Morgan fingerprint density at radius 3 is 2.48 bits per heavy atom. The molecule has 0 aliphatic carbocycles. The van der Waals surface area contributed by atoms with Crippen LogP contribution in [0.3, 0.4) is 0 Å². The van der Waals surface area contributed by atoms with Crippen LogP contribution in [0.1, 0.15) is 54.7 Å². The number of imidazole rings is 1. The van der Waals surface area contributed by atoms with Crippen molar-refractivity contribution in [3.63, 3.8) is 0 Å². The molecule has 4 rings (SSSR count). The second kappa shape index (κ2) is 11.3. The van der Waals surface area contributed by atoms with Gasteiger partial charge in [-0.15, -0.1) is 0 Å². The number of benzene rings is 2. The summed E-state index contributed by atoms with van der Waals surface area (Å²) in [6.07, 6.45) is 6.58. The summed E-state index contributed by atoms with van der Waals surface area (Å²) in [4.78, 5) is 32.0. The first-order chi connectivity index (χ1) is 16.1. The number of halogens is 1. The number of carbonyl (C=O) groups is 2.